The van der Waals surface area contributed by atoms with Crippen LogP contribution in [0.2, 0.25) is 0 Å². The van der Waals surface area contributed by atoms with Crippen LogP contribution in [0, 0.1) is 0 Å². The number of hydrogen-bond donors (Lipinski definition) is 3. The molecule has 2 unspecified atom stereocenters. The van der Waals surface area contributed by atoms with Gasteiger partial charge in [0.15, 0.2) is 4.31 Å². The fourth-order valence-corrected chi connectivity index (χ4v) is 1.40. The first-order valence-electron chi connectivity index (χ1n) is 4.10. The van der Waals surface area contributed by atoms with Gasteiger partial charge in [0.05, 0.1) is 13.2 Å². The molecule has 0 aliphatic carbocycles. The van der Waals surface area contributed by atoms with Crippen LogP contribution in [0.25, 0.3) is 0 Å². The third-order valence-corrected chi connectivity index (χ3v) is 2.57. The lowest BCUT2D eigenvalue weighted by Crippen LogP contribution is -2.30. The fraction of sp³-hybridized carbons (Fsp3) is 1.00. The Morgan fingerprint density at radius 1 is 1.40 bits per heavy atom. The molecule has 15 heavy (non-hydrogen) atoms. The quantitative estimate of drug-likeness (QED) is 0.481. The standard InChI is InChI=1S/C4H9NO.CH4NO5P2/c1-3-6-4-2-5-1;1-2-6-9(5)7-8(3)4/h5H,1-4H2;2H,1H3/q;+1/p+1. The molecular weight excluding hydrogens is 246 g/mol. The maximum absolute atomic E-state index is 10.2. The number of hydrogen-bond acceptors (Lipinski definition) is 7. The maximum Gasteiger partial charge on any atom is 0.766 e. The molecule has 1 heterocycles. The van der Waals surface area contributed by atoms with Gasteiger partial charge in [0.1, 0.15) is 0 Å². The number of nitrogens with one attached hydrogen (secondary N) is 2. The Kier molecular flexibility index (Phi) is 10.4. The van der Waals surface area contributed by atoms with Crippen LogP contribution in [0.5, 0.6) is 0 Å². The molecule has 88 valence electrons. The lowest BCUT2D eigenvalue weighted by molar-refractivity contribution is 0.109. The van der Waals surface area contributed by atoms with Crippen molar-refractivity contribution >= 4 is 16.5 Å². The summed E-state index contributed by atoms with van der Waals surface area (Å²) in [5.41, 5.74) is 2.02. The second-order valence-electron chi connectivity index (χ2n) is 2.20. The van der Waals surface area contributed by atoms with Gasteiger partial charge in [-0.1, -0.05) is 0 Å². The second-order valence-corrected chi connectivity index (χ2v) is 3.96. The summed E-state index contributed by atoms with van der Waals surface area (Å²) in [5, 5.41) is 3.16. The Labute approximate surface area is 89.1 Å². The molecule has 0 aromatic rings. The summed E-state index contributed by atoms with van der Waals surface area (Å²) in [7, 11) is -4.02. The van der Waals surface area contributed by atoms with Gasteiger partial charge in [-0.05, 0) is 4.62 Å². The molecule has 1 aliphatic rings. The van der Waals surface area contributed by atoms with Crippen LogP contribution in [0.4, 0.5) is 0 Å². The minimum atomic E-state index is -2.85. The topological polar surface area (TPSA) is 106 Å². The first kappa shape index (κ1) is 15.0. The largest absolute Gasteiger partial charge is 0.766 e. The van der Waals surface area contributed by atoms with Crippen molar-refractivity contribution in [3.63, 3.8) is 0 Å². The smallest absolute Gasteiger partial charge is 0.379 e. The van der Waals surface area contributed by atoms with Crippen LogP contribution in [0.15, 0.2) is 0 Å². The van der Waals surface area contributed by atoms with Crippen molar-refractivity contribution < 1.29 is 27.7 Å². The van der Waals surface area contributed by atoms with Crippen LogP contribution in [-0.2, 0) is 22.8 Å². The maximum atomic E-state index is 10.2. The molecule has 8 nitrogen and oxygen atoms in total. The third kappa shape index (κ3) is 11.9. The molecule has 3 N–H and O–H groups in total. The molecule has 1 rings (SSSR count). The minimum Gasteiger partial charge on any atom is -0.379 e. The van der Waals surface area contributed by atoms with Gasteiger partial charge in [-0.2, -0.15) is 5.48 Å². The van der Waals surface area contributed by atoms with E-state index < -0.39 is 16.5 Å². The highest BCUT2D eigenvalue weighted by molar-refractivity contribution is 7.47. The third-order valence-electron chi connectivity index (χ3n) is 1.15. The normalized spacial score (nSPS) is 17.5. The van der Waals surface area contributed by atoms with Gasteiger partial charge < -0.3 is 10.1 Å². The van der Waals surface area contributed by atoms with E-state index in [4.69, 9.17) is 9.63 Å². The van der Waals surface area contributed by atoms with Gasteiger partial charge in [-0.25, -0.2) is 0 Å². The number of rotatable bonds is 4. The summed E-state index contributed by atoms with van der Waals surface area (Å²) in [5.74, 6) is 0. The average Bonchev–Trinajstić information content (AvgIpc) is 2.20. The number of ether oxygens (including phenoxy) is 1. The Bertz CT molecular complexity index is 188. The SMILES string of the molecule is C1COCCN1.CNO[P+](=O)O[P+](=O)O. The Morgan fingerprint density at radius 2 is 2.00 bits per heavy atom. The molecular formula is C5H14N2O6P2+2. The molecule has 0 aromatic heterocycles. The molecule has 0 radical (unpaired) electrons. The van der Waals surface area contributed by atoms with Crippen LogP contribution in [0.3, 0.4) is 0 Å². The van der Waals surface area contributed by atoms with Crippen LogP contribution < -0.4 is 10.8 Å². The van der Waals surface area contributed by atoms with Gasteiger partial charge >= 0.3 is 16.5 Å². The number of hydroxylamine groups is 1. The van der Waals surface area contributed by atoms with Crippen molar-refractivity contribution in [3.05, 3.63) is 0 Å². The molecule has 0 spiro atoms. The summed E-state index contributed by atoms with van der Waals surface area (Å²) >= 11 is 0. The Morgan fingerprint density at radius 3 is 2.27 bits per heavy atom. The van der Waals surface area contributed by atoms with Gasteiger partial charge in [-0.3, -0.25) is 0 Å². The molecule has 0 bridgehead atoms. The monoisotopic (exact) mass is 260 g/mol. The molecule has 0 amide bonds. The molecule has 1 saturated heterocycles. The van der Waals surface area contributed by atoms with Gasteiger partial charge in [-0.15, -0.1) is 4.89 Å². The zero-order valence-corrected chi connectivity index (χ0v) is 10.0. The summed E-state index contributed by atoms with van der Waals surface area (Å²) in [6, 6.07) is 0. The van der Waals surface area contributed by atoms with Gasteiger partial charge in [0.2, 0.25) is 0 Å². The molecule has 2 atom stereocenters. The molecule has 1 fully saturated rings. The first-order chi connectivity index (χ1) is 7.16. The van der Waals surface area contributed by atoms with E-state index in [9.17, 15) is 9.13 Å². The van der Waals surface area contributed by atoms with E-state index in [1.54, 1.807) is 0 Å². The lowest BCUT2D eigenvalue weighted by Gasteiger charge is -2.10. The molecule has 1 aliphatic heterocycles. The van der Waals surface area contributed by atoms with E-state index in [-0.39, 0.29) is 0 Å². The summed E-state index contributed by atoms with van der Waals surface area (Å²) in [4.78, 5) is 7.94. The highest BCUT2D eigenvalue weighted by Gasteiger charge is 2.36. The average molecular weight is 260 g/mol. The van der Waals surface area contributed by atoms with Crippen LogP contribution >= 0.6 is 16.5 Å². The summed E-state index contributed by atoms with van der Waals surface area (Å²) in [6.45, 7) is 3.83. The van der Waals surface area contributed by atoms with Crippen molar-refractivity contribution in [2.24, 2.45) is 0 Å². The summed E-state index contributed by atoms with van der Waals surface area (Å²) in [6.07, 6.45) is 0. The van der Waals surface area contributed by atoms with E-state index in [1.807, 2.05) is 5.48 Å². The molecule has 0 saturated carbocycles. The summed E-state index contributed by atoms with van der Waals surface area (Å²) < 4.78 is 32.7. The van der Waals surface area contributed by atoms with E-state index in [0.717, 1.165) is 26.3 Å². The zero-order valence-electron chi connectivity index (χ0n) is 8.21. The second kappa shape index (κ2) is 10.5. The van der Waals surface area contributed by atoms with Crippen LogP contribution in [0.1, 0.15) is 0 Å². The first-order valence-corrected chi connectivity index (χ1v) is 6.33. The number of morpholine rings is 1. The predicted octanol–water partition coefficient (Wildman–Crippen LogP) is 0.0673. The van der Waals surface area contributed by atoms with Crippen molar-refractivity contribution in [2.45, 2.75) is 0 Å². The van der Waals surface area contributed by atoms with E-state index in [0.29, 0.717) is 0 Å². The van der Waals surface area contributed by atoms with Crippen molar-refractivity contribution in [1.29, 1.82) is 0 Å². The molecule has 0 aromatic carbocycles. The van der Waals surface area contributed by atoms with E-state index in [1.165, 1.54) is 7.05 Å². The van der Waals surface area contributed by atoms with Crippen molar-refractivity contribution in [3.8, 4) is 0 Å². The highest BCUT2D eigenvalue weighted by atomic mass is 31.2. The Hall–Kier alpha value is -0.0400. The lowest BCUT2D eigenvalue weighted by atomic mass is 10.5. The van der Waals surface area contributed by atoms with E-state index in [2.05, 4.69) is 14.3 Å². The predicted molar refractivity (Wildman–Crippen MR) is 52.4 cm³/mol. The Balaban J connectivity index is 0.000000280. The van der Waals surface area contributed by atoms with E-state index >= 15 is 0 Å². The van der Waals surface area contributed by atoms with Crippen LogP contribution in [-0.4, -0.2) is 38.2 Å². The van der Waals surface area contributed by atoms with Crippen molar-refractivity contribution in [1.82, 2.24) is 10.8 Å². The molecule has 10 heteroatoms. The van der Waals surface area contributed by atoms with Crippen molar-refractivity contribution in [2.75, 3.05) is 33.4 Å². The van der Waals surface area contributed by atoms with Gasteiger partial charge in [0.25, 0.3) is 0 Å². The van der Waals surface area contributed by atoms with Gasteiger partial charge in [0, 0.05) is 29.3 Å². The minimum absolute atomic E-state index is 0.889. The zero-order chi connectivity index (χ0) is 11.5. The fourth-order valence-electron chi connectivity index (χ4n) is 0.664. The highest BCUT2D eigenvalue weighted by Crippen LogP contribution is 2.34.